The van der Waals surface area contributed by atoms with Crippen LogP contribution in [0.5, 0.6) is 0 Å². The number of amides is 2. The van der Waals surface area contributed by atoms with Crippen molar-refractivity contribution in [3.63, 3.8) is 0 Å². The van der Waals surface area contributed by atoms with Gasteiger partial charge >= 0.3 is 18.0 Å². The molecular formula is C37H39FN2O5. The third-order valence-electron chi connectivity index (χ3n) is 7.45. The van der Waals surface area contributed by atoms with Crippen LogP contribution >= 0.6 is 0 Å². The number of carboxylic acids is 1. The average molecular weight is 611 g/mol. The fourth-order valence-corrected chi connectivity index (χ4v) is 5.27. The second-order valence-electron chi connectivity index (χ2n) is 11.6. The van der Waals surface area contributed by atoms with Gasteiger partial charge in [-0.3, -0.25) is 4.79 Å². The number of urea groups is 1. The van der Waals surface area contributed by atoms with E-state index in [1.807, 2.05) is 80.6 Å². The minimum absolute atomic E-state index is 0.0356. The molecule has 4 aromatic carbocycles. The first kappa shape index (κ1) is 32.9. The minimum Gasteiger partial charge on any atom is -0.479 e. The molecule has 0 aliphatic rings. The number of carboxylic acid groups (broad SMARTS) is 1. The molecule has 45 heavy (non-hydrogen) atoms. The van der Waals surface area contributed by atoms with Crippen LogP contribution in [-0.2, 0) is 33.8 Å². The normalized spacial score (nSPS) is 12.3. The SMILES string of the molecule is CC(C)CN(CCC(=O)OCc1ccccc1)C(=O)NC(Cc1ccccc1)(Cc1cc(F)ccc1-c1ccccc1)C(=O)O. The van der Waals surface area contributed by atoms with Gasteiger partial charge < -0.3 is 20.1 Å². The van der Waals surface area contributed by atoms with Crippen molar-refractivity contribution in [2.45, 2.75) is 45.3 Å². The summed E-state index contributed by atoms with van der Waals surface area (Å²) in [7, 11) is 0. The van der Waals surface area contributed by atoms with Crippen molar-refractivity contribution < 1.29 is 28.6 Å². The Morgan fingerprint density at radius 2 is 1.44 bits per heavy atom. The van der Waals surface area contributed by atoms with Crippen molar-refractivity contribution in [2.24, 2.45) is 5.92 Å². The Labute approximate surface area is 263 Å². The Kier molecular flexibility index (Phi) is 11.5. The molecule has 1 atom stereocenters. The summed E-state index contributed by atoms with van der Waals surface area (Å²) in [6.45, 7) is 4.30. The van der Waals surface area contributed by atoms with E-state index in [0.717, 1.165) is 11.1 Å². The number of halogens is 1. The van der Waals surface area contributed by atoms with E-state index in [2.05, 4.69) is 5.32 Å². The van der Waals surface area contributed by atoms with Crippen molar-refractivity contribution in [1.82, 2.24) is 10.2 Å². The van der Waals surface area contributed by atoms with Crippen LogP contribution in [0.4, 0.5) is 9.18 Å². The molecule has 0 aliphatic heterocycles. The van der Waals surface area contributed by atoms with Crippen LogP contribution < -0.4 is 5.32 Å². The zero-order valence-corrected chi connectivity index (χ0v) is 25.6. The number of carbonyl (C=O) groups excluding carboxylic acids is 2. The van der Waals surface area contributed by atoms with E-state index in [4.69, 9.17) is 4.74 Å². The molecule has 0 aliphatic carbocycles. The molecule has 8 heteroatoms. The predicted molar refractivity (Wildman–Crippen MR) is 172 cm³/mol. The van der Waals surface area contributed by atoms with Crippen molar-refractivity contribution in [3.8, 4) is 11.1 Å². The van der Waals surface area contributed by atoms with Crippen molar-refractivity contribution in [1.29, 1.82) is 0 Å². The van der Waals surface area contributed by atoms with Crippen LogP contribution in [0.15, 0.2) is 109 Å². The van der Waals surface area contributed by atoms with Gasteiger partial charge in [0.25, 0.3) is 0 Å². The molecule has 7 nitrogen and oxygen atoms in total. The van der Waals surface area contributed by atoms with Gasteiger partial charge in [-0.25, -0.2) is 14.0 Å². The van der Waals surface area contributed by atoms with Gasteiger partial charge in [0, 0.05) is 25.9 Å². The summed E-state index contributed by atoms with van der Waals surface area (Å²) < 4.78 is 20.1. The molecule has 0 saturated heterocycles. The summed E-state index contributed by atoms with van der Waals surface area (Å²) >= 11 is 0. The van der Waals surface area contributed by atoms with Gasteiger partial charge in [-0.15, -0.1) is 0 Å². The number of rotatable bonds is 14. The lowest BCUT2D eigenvalue weighted by molar-refractivity contribution is -0.146. The lowest BCUT2D eigenvalue weighted by Crippen LogP contribution is -2.61. The number of benzene rings is 4. The zero-order valence-electron chi connectivity index (χ0n) is 25.6. The second kappa shape index (κ2) is 15.7. The summed E-state index contributed by atoms with van der Waals surface area (Å²) in [5, 5.41) is 13.6. The van der Waals surface area contributed by atoms with Gasteiger partial charge in [0.2, 0.25) is 0 Å². The van der Waals surface area contributed by atoms with Gasteiger partial charge in [-0.2, -0.15) is 0 Å². The molecule has 0 heterocycles. The van der Waals surface area contributed by atoms with Crippen LogP contribution in [0.1, 0.15) is 37.0 Å². The first-order valence-electron chi connectivity index (χ1n) is 15.0. The highest BCUT2D eigenvalue weighted by molar-refractivity contribution is 5.88. The standard InChI is InChI=1S/C37H39FN2O5/c1-27(2)25-40(21-20-34(41)45-26-29-14-8-4-9-15-29)36(44)39-37(35(42)43,23-28-12-6-3-7-13-28)24-31-22-32(38)18-19-33(31)30-16-10-5-11-17-30/h3-19,22,27H,20-21,23-26H2,1-2H3,(H,39,44)(H,42,43). The van der Waals surface area contributed by atoms with E-state index < -0.39 is 29.3 Å². The number of esters is 1. The van der Waals surface area contributed by atoms with E-state index >= 15 is 0 Å². The van der Waals surface area contributed by atoms with Gasteiger partial charge in [0.15, 0.2) is 0 Å². The van der Waals surface area contributed by atoms with E-state index in [-0.39, 0.29) is 44.9 Å². The van der Waals surface area contributed by atoms with Crippen LogP contribution in [0, 0.1) is 11.7 Å². The number of ether oxygens (including phenoxy) is 1. The van der Waals surface area contributed by atoms with Crippen LogP contribution in [0.2, 0.25) is 0 Å². The summed E-state index contributed by atoms with van der Waals surface area (Å²) in [5.41, 5.74) is 1.62. The maximum Gasteiger partial charge on any atom is 0.330 e. The Morgan fingerprint density at radius 1 is 0.844 bits per heavy atom. The smallest absolute Gasteiger partial charge is 0.330 e. The largest absolute Gasteiger partial charge is 0.479 e. The highest BCUT2D eigenvalue weighted by atomic mass is 19.1. The lowest BCUT2D eigenvalue weighted by Gasteiger charge is -2.35. The minimum atomic E-state index is -1.83. The van der Waals surface area contributed by atoms with E-state index in [1.165, 1.54) is 17.0 Å². The number of hydrogen-bond donors (Lipinski definition) is 2. The van der Waals surface area contributed by atoms with Crippen LogP contribution in [-0.4, -0.2) is 46.6 Å². The van der Waals surface area contributed by atoms with E-state index in [9.17, 15) is 23.9 Å². The summed E-state index contributed by atoms with van der Waals surface area (Å²) in [5.74, 6) is -2.20. The number of nitrogens with one attached hydrogen (secondary N) is 1. The number of hydrogen-bond acceptors (Lipinski definition) is 4. The number of aliphatic carboxylic acids is 1. The molecule has 0 aromatic heterocycles. The Balaban J connectivity index is 1.62. The third-order valence-corrected chi connectivity index (χ3v) is 7.45. The highest BCUT2D eigenvalue weighted by Gasteiger charge is 2.42. The first-order valence-corrected chi connectivity index (χ1v) is 15.0. The lowest BCUT2D eigenvalue weighted by atomic mass is 9.82. The van der Waals surface area contributed by atoms with E-state index in [1.54, 1.807) is 30.3 Å². The molecule has 0 fully saturated rings. The first-order chi connectivity index (χ1) is 21.6. The molecule has 0 bridgehead atoms. The molecule has 1 unspecified atom stereocenters. The van der Waals surface area contributed by atoms with Crippen LogP contribution in [0.25, 0.3) is 11.1 Å². The number of nitrogens with zero attached hydrogens (tertiary/aromatic N) is 1. The third kappa shape index (κ3) is 9.50. The Bertz CT molecular complexity index is 1560. The monoisotopic (exact) mass is 610 g/mol. The molecule has 2 N–H and O–H groups in total. The van der Waals surface area contributed by atoms with Crippen molar-refractivity contribution >= 4 is 18.0 Å². The molecule has 234 valence electrons. The molecular weight excluding hydrogens is 571 g/mol. The predicted octanol–water partition coefficient (Wildman–Crippen LogP) is 6.90. The zero-order chi connectivity index (χ0) is 32.2. The molecule has 0 spiro atoms. The van der Waals surface area contributed by atoms with Crippen LogP contribution in [0.3, 0.4) is 0 Å². The molecule has 4 aromatic rings. The van der Waals surface area contributed by atoms with E-state index in [0.29, 0.717) is 16.7 Å². The number of carbonyl (C=O) groups is 3. The average Bonchev–Trinajstić information content (AvgIpc) is 3.03. The Morgan fingerprint density at radius 3 is 2.04 bits per heavy atom. The molecule has 0 radical (unpaired) electrons. The van der Waals surface area contributed by atoms with Gasteiger partial charge in [-0.05, 0) is 45.9 Å². The second-order valence-corrected chi connectivity index (χ2v) is 11.6. The van der Waals surface area contributed by atoms with Gasteiger partial charge in [-0.1, -0.05) is 111 Å². The molecule has 0 saturated carbocycles. The van der Waals surface area contributed by atoms with Gasteiger partial charge in [0.1, 0.15) is 18.0 Å². The molecule has 4 rings (SSSR count). The molecule has 2 amide bonds. The quantitative estimate of drug-likeness (QED) is 0.151. The Hall–Kier alpha value is -4.98. The fourth-order valence-electron chi connectivity index (χ4n) is 5.27. The maximum atomic E-state index is 14.7. The van der Waals surface area contributed by atoms with Crippen molar-refractivity contribution in [3.05, 3.63) is 132 Å². The topological polar surface area (TPSA) is 95.9 Å². The summed E-state index contributed by atoms with van der Waals surface area (Å²) in [4.78, 5) is 41.2. The summed E-state index contributed by atoms with van der Waals surface area (Å²) in [6, 6.07) is 31.3. The fraction of sp³-hybridized carbons (Fsp3) is 0.270. The highest BCUT2D eigenvalue weighted by Crippen LogP contribution is 2.30. The summed E-state index contributed by atoms with van der Waals surface area (Å²) in [6.07, 6.45) is -0.290. The van der Waals surface area contributed by atoms with Gasteiger partial charge in [0.05, 0.1) is 6.42 Å². The van der Waals surface area contributed by atoms with Crippen molar-refractivity contribution in [2.75, 3.05) is 13.1 Å². The maximum absolute atomic E-state index is 14.7.